The molecule has 0 unspecified atom stereocenters. The molecule has 0 saturated carbocycles. The van der Waals surface area contributed by atoms with Crippen molar-refractivity contribution in [1.29, 1.82) is 0 Å². The average Bonchev–Trinajstić information content (AvgIpc) is 3.24. The molecule has 0 saturated heterocycles. The van der Waals surface area contributed by atoms with E-state index in [1.165, 1.54) is 0 Å². The van der Waals surface area contributed by atoms with Crippen molar-refractivity contribution in [3.63, 3.8) is 0 Å². The monoisotopic (exact) mass is 341 g/mol. The Kier molecular flexibility index (Phi) is 3.42. The van der Waals surface area contributed by atoms with Crippen LogP contribution in [-0.2, 0) is 0 Å². The van der Waals surface area contributed by atoms with Gasteiger partial charge in [-0.25, -0.2) is 0 Å². The number of hydrogen-bond donors (Lipinski definition) is 1. The van der Waals surface area contributed by atoms with Crippen molar-refractivity contribution in [2.24, 2.45) is 5.10 Å². The molecule has 0 atom stereocenters. The van der Waals surface area contributed by atoms with Crippen molar-refractivity contribution >= 4 is 23.3 Å². The number of aryl methyl sites for hydroxylation is 1. The van der Waals surface area contributed by atoms with Crippen molar-refractivity contribution in [1.82, 2.24) is 19.9 Å². The Bertz CT molecular complexity index is 965. The Balaban J connectivity index is 1.83. The smallest absolute Gasteiger partial charge is 0.221 e. The van der Waals surface area contributed by atoms with Gasteiger partial charge in [-0.2, -0.15) is 9.78 Å². The zero-order valence-corrected chi connectivity index (χ0v) is 14.3. The minimum atomic E-state index is 0.0535. The second-order valence-electron chi connectivity index (χ2n) is 5.61. The fraction of sp³-hybridized carbons (Fsp3) is 0.250. The SMILES string of the molecule is CC(=O)c1c(C)[nH]c(C2=Nn3c(nnc3-c3ccco3)SC2)c1C. The summed E-state index contributed by atoms with van der Waals surface area (Å²) in [5.41, 5.74) is 4.26. The summed E-state index contributed by atoms with van der Waals surface area (Å²) in [6.07, 6.45) is 1.59. The predicted octanol–water partition coefficient (Wildman–Crippen LogP) is 3.04. The number of hydrogen-bond acceptors (Lipinski definition) is 6. The molecule has 1 aliphatic rings. The second-order valence-corrected chi connectivity index (χ2v) is 6.55. The number of furan rings is 1. The summed E-state index contributed by atoms with van der Waals surface area (Å²) in [7, 11) is 0. The Hall–Kier alpha value is -2.61. The van der Waals surface area contributed by atoms with Crippen LogP contribution in [0.15, 0.2) is 33.1 Å². The van der Waals surface area contributed by atoms with E-state index in [1.54, 1.807) is 35.7 Å². The molecule has 0 amide bonds. The molecule has 7 nitrogen and oxygen atoms in total. The summed E-state index contributed by atoms with van der Waals surface area (Å²) >= 11 is 1.55. The lowest BCUT2D eigenvalue weighted by Gasteiger charge is -2.13. The standard InChI is InChI=1S/C16H15N5O2S/c1-8-13(10(3)22)9(2)17-14(8)11-7-24-16-19-18-15(21(16)20-11)12-5-4-6-23-12/h4-6,17H,7H2,1-3H3. The van der Waals surface area contributed by atoms with Crippen molar-refractivity contribution in [2.45, 2.75) is 25.9 Å². The second kappa shape index (κ2) is 5.48. The maximum atomic E-state index is 11.8. The van der Waals surface area contributed by atoms with Crippen LogP contribution in [-0.4, -0.2) is 37.1 Å². The quantitative estimate of drug-likeness (QED) is 0.740. The van der Waals surface area contributed by atoms with Crippen LogP contribution in [0.2, 0.25) is 0 Å². The van der Waals surface area contributed by atoms with E-state index in [1.807, 2.05) is 19.9 Å². The Morgan fingerprint density at radius 1 is 1.38 bits per heavy atom. The molecule has 3 aromatic heterocycles. The van der Waals surface area contributed by atoms with Gasteiger partial charge in [0.1, 0.15) is 0 Å². The highest BCUT2D eigenvalue weighted by molar-refractivity contribution is 7.99. The van der Waals surface area contributed by atoms with Gasteiger partial charge in [0.15, 0.2) is 11.5 Å². The number of fused-ring (bicyclic) bond motifs is 1. The molecule has 8 heteroatoms. The molecule has 0 radical (unpaired) electrons. The summed E-state index contributed by atoms with van der Waals surface area (Å²) in [5, 5.41) is 13.7. The Labute approximate surface area is 142 Å². The predicted molar refractivity (Wildman–Crippen MR) is 90.7 cm³/mol. The number of carbonyl (C=O) groups is 1. The van der Waals surface area contributed by atoms with Crippen molar-refractivity contribution in [2.75, 3.05) is 5.75 Å². The van der Waals surface area contributed by atoms with Gasteiger partial charge in [-0.15, -0.1) is 10.2 Å². The van der Waals surface area contributed by atoms with Gasteiger partial charge in [0, 0.05) is 17.0 Å². The van der Waals surface area contributed by atoms with Gasteiger partial charge in [0.25, 0.3) is 0 Å². The van der Waals surface area contributed by atoms with Crippen LogP contribution < -0.4 is 0 Å². The molecular weight excluding hydrogens is 326 g/mol. The number of H-pyrrole nitrogens is 1. The molecular formula is C16H15N5O2S. The van der Waals surface area contributed by atoms with Gasteiger partial charge >= 0.3 is 0 Å². The van der Waals surface area contributed by atoms with Crippen LogP contribution in [0, 0.1) is 13.8 Å². The zero-order valence-electron chi connectivity index (χ0n) is 13.5. The molecule has 1 N–H and O–H groups in total. The van der Waals surface area contributed by atoms with E-state index in [-0.39, 0.29) is 5.78 Å². The minimum absolute atomic E-state index is 0.0535. The van der Waals surface area contributed by atoms with Crippen molar-refractivity contribution in [3.05, 3.63) is 40.9 Å². The molecule has 122 valence electrons. The Morgan fingerprint density at radius 2 is 2.21 bits per heavy atom. The maximum absolute atomic E-state index is 11.8. The first-order valence-electron chi connectivity index (χ1n) is 7.46. The van der Waals surface area contributed by atoms with Crippen LogP contribution in [0.4, 0.5) is 0 Å². The van der Waals surface area contributed by atoms with Gasteiger partial charge < -0.3 is 9.40 Å². The number of Topliss-reactive ketones (excluding diaryl/α,β-unsaturated/α-hetero) is 1. The summed E-state index contributed by atoms with van der Waals surface area (Å²) in [6.45, 7) is 5.43. The van der Waals surface area contributed by atoms with Crippen LogP contribution in [0.1, 0.15) is 34.2 Å². The highest BCUT2D eigenvalue weighted by atomic mass is 32.2. The molecule has 4 heterocycles. The molecule has 24 heavy (non-hydrogen) atoms. The summed E-state index contributed by atoms with van der Waals surface area (Å²) in [6, 6.07) is 3.62. The number of carbonyl (C=O) groups excluding carboxylic acids is 1. The molecule has 0 fully saturated rings. The fourth-order valence-electron chi connectivity index (χ4n) is 2.98. The summed E-state index contributed by atoms with van der Waals surface area (Å²) in [4.78, 5) is 15.1. The van der Waals surface area contributed by atoms with Crippen LogP contribution in [0.25, 0.3) is 11.6 Å². The van der Waals surface area contributed by atoms with E-state index in [9.17, 15) is 4.79 Å². The highest BCUT2D eigenvalue weighted by Gasteiger charge is 2.25. The molecule has 1 aliphatic heterocycles. The number of aromatic amines is 1. The third-order valence-electron chi connectivity index (χ3n) is 3.99. The molecule has 0 aliphatic carbocycles. The molecule has 0 bridgehead atoms. The maximum Gasteiger partial charge on any atom is 0.221 e. The lowest BCUT2D eigenvalue weighted by molar-refractivity contribution is 0.101. The van der Waals surface area contributed by atoms with Crippen LogP contribution in [0.3, 0.4) is 0 Å². The van der Waals surface area contributed by atoms with E-state index in [2.05, 4.69) is 15.2 Å². The van der Waals surface area contributed by atoms with E-state index < -0.39 is 0 Å². The van der Waals surface area contributed by atoms with Gasteiger partial charge in [-0.3, -0.25) is 4.79 Å². The molecule has 0 spiro atoms. The first-order valence-corrected chi connectivity index (χ1v) is 8.45. The fourth-order valence-corrected chi connectivity index (χ4v) is 3.79. The van der Waals surface area contributed by atoms with Crippen LogP contribution in [0.5, 0.6) is 0 Å². The third-order valence-corrected chi connectivity index (χ3v) is 4.92. The van der Waals surface area contributed by atoms with E-state index in [0.717, 1.165) is 33.4 Å². The third kappa shape index (κ3) is 2.22. The van der Waals surface area contributed by atoms with E-state index in [4.69, 9.17) is 9.52 Å². The number of ketones is 1. The molecule has 0 aromatic carbocycles. The van der Waals surface area contributed by atoms with Crippen molar-refractivity contribution in [3.8, 4) is 11.6 Å². The Morgan fingerprint density at radius 3 is 2.88 bits per heavy atom. The highest BCUT2D eigenvalue weighted by Crippen LogP contribution is 2.30. The van der Waals surface area contributed by atoms with Gasteiger partial charge in [0.2, 0.25) is 11.0 Å². The van der Waals surface area contributed by atoms with Gasteiger partial charge in [-0.05, 0) is 38.5 Å². The summed E-state index contributed by atoms with van der Waals surface area (Å²) < 4.78 is 7.09. The first kappa shape index (κ1) is 14.9. The van der Waals surface area contributed by atoms with E-state index >= 15 is 0 Å². The van der Waals surface area contributed by atoms with Crippen molar-refractivity contribution < 1.29 is 9.21 Å². The number of nitrogens with one attached hydrogen (secondary N) is 1. The lowest BCUT2D eigenvalue weighted by atomic mass is 10.1. The first-order chi connectivity index (χ1) is 11.6. The zero-order chi connectivity index (χ0) is 16.8. The molecule has 4 rings (SSSR count). The minimum Gasteiger partial charge on any atom is -0.461 e. The van der Waals surface area contributed by atoms with Crippen LogP contribution >= 0.6 is 11.8 Å². The number of nitrogens with zero attached hydrogens (tertiary/aromatic N) is 4. The largest absolute Gasteiger partial charge is 0.461 e. The lowest BCUT2D eigenvalue weighted by Crippen LogP contribution is -2.15. The summed E-state index contributed by atoms with van der Waals surface area (Å²) in [5.74, 6) is 1.89. The number of rotatable bonds is 3. The normalized spacial score (nSPS) is 13.7. The number of thioether (sulfide) groups is 1. The van der Waals surface area contributed by atoms with Gasteiger partial charge in [-0.1, -0.05) is 11.8 Å². The van der Waals surface area contributed by atoms with E-state index in [0.29, 0.717) is 17.3 Å². The average molecular weight is 341 g/mol. The topological polar surface area (TPSA) is 89.1 Å². The van der Waals surface area contributed by atoms with Gasteiger partial charge in [0.05, 0.1) is 17.7 Å². The molecule has 3 aromatic rings. The number of aromatic nitrogens is 4.